The van der Waals surface area contributed by atoms with Crippen molar-refractivity contribution in [1.29, 1.82) is 0 Å². The largest absolute Gasteiger partial charge is 0.379 e. The van der Waals surface area contributed by atoms with Gasteiger partial charge in [0.05, 0.1) is 40.9 Å². The molecule has 0 N–H and O–H groups in total. The third kappa shape index (κ3) is 27.6. The van der Waals surface area contributed by atoms with Crippen LogP contribution in [0.3, 0.4) is 0 Å². The fourth-order valence-corrected chi connectivity index (χ4v) is 3.42. The number of nitrogens with zero attached hydrogens (tertiary/aromatic N) is 1. The molecule has 30 heavy (non-hydrogen) atoms. The second-order valence-corrected chi connectivity index (χ2v) is 9.71. The van der Waals surface area contributed by atoms with Crippen LogP contribution in [0, 0.1) is 6.42 Å². The zero-order chi connectivity index (χ0) is 22.2. The van der Waals surface area contributed by atoms with Gasteiger partial charge in [-0.3, -0.25) is 0 Å². The van der Waals surface area contributed by atoms with Crippen LogP contribution in [0.15, 0.2) is 12.2 Å². The first-order chi connectivity index (χ1) is 14.6. The molecule has 0 aromatic carbocycles. The molecule has 3 nitrogen and oxygen atoms in total. The van der Waals surface area contributed by atoms with Gasteiger partial charge >= 0.3 is 0 Å². The van der Waals surface area contributed by atoms with Crippen molar-refractivity contribution in [1.82, 2.24) is 0 Å². The highest BCUT2D eigenvalue weighted by molar-refractivity contribution is 4.81. The van der Waals surface area contributed by atoms with Crippen molar-refractivity contribution in [2.75, 3.05) is 54.1 Å². The van der Waals surface area contributed by atoms with Crippen LogP contribution >= 0.6 is 0 Å². The Morgan fingerprint density at radius 3 is 1.60 bits per heavy atom. The van der Waals surface area contributed by atoms with E-state index >= 15 is 0 Å². The molecule has 0 atom stereocenters. The van der Waals surface area contributed by atoms with E-state index in [2.05, 4.69) is 46.6 Å². The van der Waals surface area contributed by atoms with Crippen molar-refractivity contribution in [2.24, 2.45) is 0 Å². The highest BCUT2D eigenvalue weighted by Crippen LogP contribution is 2.10. The van der Waals surface area contributed by atoms with Crippen molar-refractivity contribution in [3.63, 3.8) is 0 Å². The van der Waals surface area contributed by atoms with Gasteiger partial charge in [-0.05, 0) is 38.5 Å². The van der Waals surface area contributed by atoms with E-state index in [-0.39, 0.29) is 0 Å². The second kappa shape index (κ2) is 23.3. The molecule has 0 heterocycles. The summed E-state index contributed by atoms with van der Waals surface area (Å²) < 4.78 is 12.3. The van der Waals surface area contributed by atoms with Crippen LogP contribution in [0.25, 0.3) is 0 Å². The van der Waals surface area contributed by atoms with E-state index < -0.39 is 0 Å². The molecule has 0 aromatic heterocycles. The summed E-state index contributed by atoms with van der Waals surface area (Å²) in [7, 11) is 6.63. The Labute approximate surface area is 190 Å². The Hall–Kier alpha value is -0.380. The van der Waals surface area contributed by atoms with E-state index in [1.807, 2.05) is 0 Å². The van der Waals surface area contributed by atoms with Crippen LogP contribution < -0.4 is 0 Å². The van der Waals surface area contributed by atoms with Crippen LogP contribution in [0.5, 0.6) is 0 Å². The third-order valence-corrected chi connectivity index (χ3v) is 5.32. The highest BCUT2D eigenvalue weighted by Gasteiger charge is 2.05. The van der Waals surface area contributed by atoms with Gasteiger partial charge in [0.1, 0.15) is 0 Å². The van der Waals surface area contributed by atoms with Crippen LogP contribution in [0.2, 0.25) is 0 Å². The molecular formula is C27H55NO2+. The summed E-state index contributed by atoms with van der Waals surface area (Å²) in [5.74, 6) is 0. The van der Waals surface area contributed by atoms with E-state index in [1.54, 1.807) is 0 Å². The molecule has 0 aliphatic rings. The Kier molecular flexibility index (Phi) is 23.0. The SMILES string of the molecule is CCCCCCCC/C=C\CCCCCCCCOCCOCC[CH]C[N+](C)(C)C. The molecule has 3 heteroatoms. The average Bonchev–Trinajstić information content (AvgIpc) is 2.70. The molecule has 0 amide bonds. The smallest absolute Gasteiger partial charge is 0.0814 e. The topological polar surface area (TPSA) is 18.5 Å². The van der Waals surface area contributed by atoms with Gasteiger partial charge in [0.15, 0.2) is 0 Å². The van der Waals surface area contributed by atoms with Gasteiger partial charge in [-0.25, -0.2) is 0 Å². The Morgan fingerprint density at radius 2 is 1.03 bits per heavy atom. The normalized spacial score (nSPS) is 12.3. The molecule has 0 aliphatic carbocycles. The molecule has 0 bridgehead atoms. The molecule has 0 saturated carbocycles. The Morgan fingerprint density at radius 1 is 0.533 bits per heavy atom. The van der Waals surface area contributed by atoms with E-state index in [1.165, 1.54) is 89.9 Å². The number of hydrogen-bond donors (Lipinski definition) is 0. The third-order valence-electron chi connectivity index (χ3n) is 5.32. The lowest BCUT2D eigenvalue weighted by atomic mass is 10.1. The van der Waals surface area contributed by atoms with Crippen molar-refractivity contribution < 1.29 is 14.0 Å². The zero-order valence-corrected chi connectivity index (χ0v) is 21.1. The van der Waals surface area contributed by atoms with Crippen LogP contribution in [0.4, 0.5) is 0 Å². The lowest BCUT2D eigenvalue weighted by Gasteiger charge is -2.23. The fraction of sp³-hybridized carbons (Fsp3) is 0.889. The number of unbranched alkanes of at least 4 members (excludes halogenated alkanes) is 13. The van der Waals surface area contributed by atoms with E-state index in [0.29, 0.717) is 0 Å². The van der Waals surface area contributed by atoms with Gasteiger partial charge in [-0.15, -0.1) is 0 Å². The average molecular weight is 426 g/mol. The van der Waals surface area contributed by atoms with Crippen LogP contribution in [0.1, 0.15) is 103 Å². The molecule has 0 aliphatic heterocycles. The van der Waals surface area contributed by atoms with Gasteiger partial charge in [-0.1, -0.05) is 76.9 Å². The number of rotatable bonds is 24. The Balaban J connectivity index is 3.09. The molecular weight excluding hydrogens is 370 g/mol. The molecule has 0 saturated heterocycles. The van der Waals surface area contributed by atoms with E-state index in [9.17, 15) is 0 Å². The minimum atomic E-state index is 0.727. The van der Waals surface area contributed by atoms with E-state index in [0.717, 1.165) is 43.9 Å². The zero-order valence-electron chi connectivity index (χ0n) is 21.1. The summed E-state index contributed by atoms with van der Waals surface area (Å²) >= 11 is 0. The van der Waals surface area contributed by atoms with Crippen molar-refractivity contribution in [2.45, 2.75) is 103 Å². The maximum Gasteiger partial charge on any atom is 0.0814 e. The minimum Gasteiger partial charge on any atom is -0.379 e. The summed E-state index contributed by atoms with van der Waals surface area (Å²) in [6.07, 6.45) is 27.1. The first kappa shape index (κ1) is 29.6. The van der Waals surface area contributed by atoms with Crippen LogP contribution in [-0.4, -0.2) is 58.6 Å². The predicted octanol–water partition coefficient (Wildman–Crippen LogP) is 7.36. The number of quaternary nitrogens is 1. The number of ether oxygens (including phenoxy) is 2. The Bertz CT molecular complexity index is 349. The first-order valence-corrected chi connectivity index (χ1v) is 13.0. The van der Waals surface area contributed by atoms with Crippen molar-refractivity contribution >= 4 is 0 Å². The summed E-state index contributed by atoms with van der Waals surface area (Å²) in [6, 6.07) is 0. The summed E-state index contributed by atoms with van der Waals surface area (Å²) in [6.45, 7) is 6.54. The molecule has 0 spiro atoms. The molecule has 179 valence electrons. The van der Waals surface area contributed by atoms with Gasteiger partial charge in [-0.2, -0.15) is 0 Å². The monoisotopic (exact) mass is 425 g/mol. The lowest BCUT2D eigenvalue weighted by Crippen LogP contribution is -2.35. The van der Waals surface area contributed by atoms with Gasteiger partial charge in [0.2, 0.25) is 0 Å². The highest BCUT2D eigenvalue weighted by atomic mass is 16.5. The van der Waals surface area contributed by atoms with Gasteiger partial charge < -0.3 is 14.0 Å². The van der Waals surface area contributed by atoms with E-state index in [4.69, 9.17) is 9.47 Å². The first-order valence-electron chi connectivity index (χ1n) is 13.0. The second-order valence-electron chi connectivity index (χ2n) is 9.71. The van der Waals surface area contributed by atoms with Crippen LogP contribution in [-0.2, 0) is 9.47 Å². The molecule has 0 rings (SSSR count). The van der Waals surface area contributed by atoms with Gasteiger partial charge in [0, 0.05) is 19.6 Å². The summed E-state index contributed by atoms with van der Waals surface area (Å²) in [4.78, 5) is 0. The maximum absolute atomic E-state index is 5.67. The standard InChI is InChI=1S/C27H55NO2/c1-5-6-7-8-9-10-11-12-13-14-15-16-17-18-19-21-24-29-26-27-30-25-22-20-23-28(2,3)4/h12-13,20H,5-11,14-19,21-27H2,1-4H3/q+1/b13-12-. The van der Waals surface area contributed by atoms with Crippen molar-refractivity contribution in [3.8, 4) is 0 Å². The summed E-state index contributed by atoms with van der Waals surface area (Å²) in [5, 5.41) is 0. The molecule has 0 unspecified atom stereocenters. The number of allylic oxidation sites excluding steroid dienone is 2. The number of hydrogen-bond acceptors (Lipinski definition) is 2. The molecule has 0 aromatic rings. The maximum atomic E-state index is 5.67. The molecule has 1 radical (unpaired) electrons. The summed E-state index contributed by atoms with van der Waals surface area (Å²) in [5.41, 5.74) is 0. The van der Waals surface area contributed by atoms with Gasteiger partial charge in [0.25, 0.3) is 0 Å². The molecule has 0 fully saturated rings. The predicted molar refractivity (Wildman–Crippen MR) is 133 cm³/mol. The lowest BCUT2D eigenvalue weighted by molar-refractivity contribution is -0.866. The van der Waals surface area contributed by atoms with Crippen molar-refractivity contribution in [3.05, 3.63) is 18.6 Å². The minimum absolute atomic E-state index is 0.727. The quantitative estimate of drug-likeness (QED) is 0.0913. The fourth-order valence-electron chi connectivity index (χ4n) is 3.42.